The van der Waals surface area contributed by atoms with Crippen LogP contribution in [-0.2, 0) is 14.8 Å². The molecule has 30 heavy (non-hydrogen) atoms. The summed E-state index contributed by atoms with van der Waals surface area (Å²) in [5, 5.41) is 6.36. The molecule has 6 nitrogen and oxygen atoms in total. The molecule has 1 N–H and O–H groups in total. The second-order valence-electron chi connectivity index (χ2n) is 7.67. The fourth-order valence-electron chi connectivity index (χ4n) is 3.55. The van der Waals surface area contributed by atoms with Crippen LogP contribution in [0.3, 0.4) is 0 Å². The number of nitrogens with zero attached hydrogens (tertiary/aromatic N) is 2. The second-order valence-corrected chi connectivity index (χ2v) is 10.5. The fourth-order valence-corrected chi connectivity index (χ4v) is 5.69. The van der Waals surface area contributed by atoms with E-state index in [2.05, 4.69) is 16.3 Å². The zero-order chi connectivity index (χ0) is 21.6. The summed E-state index contributed by atoms with van der Waals surface area (Å²) in [5.74, 6) is -0.143. The Bertz CT molecular complexity index is 933. The van der Waals surface area contributed by atoms with Gasteiger partial charge in [-0.15, -0.1) is 11.3 Å². The Balaban J connectivity index is 1.51. The summed E-state index contributed by atoms with van der Waals surface area (Å²) >= 11 is 1.68. The van der Waals surface area contributed by atoms with Crippen molar-refractivity contribution >= 4 is 33.3 Å². The molecule has 0 saturated carbocycles. The number of carbonyl (C=O) groups excluding carboxylic acids is 1. The van der Waals surface area contributed by atoms with Gasteiger partial charge in [0, 0.05) is 35.8 Å². The van der Waals surface area contributed by atoms with Crippen LogP contribution in [0.5, 0.6) is 0 Å². The molecule has 1 saturated heterocycles. The number of hydrogen-bond donors (Lipinski definition) is 1. The zero-order valence-electron chi connectivity index (χ0n) is 17.4. The van der Waals surface area contributed by atoms with E-state index in [-0.39, 0.29) is 17.9 Å². The molecule has 0 spiro atoms. The fraction of sp³-hybridized carbons (Fsp3) is 0.409. The second kappa shape index (κ2) is 10.3. The lowest BCUT2D eigenvalue weighted by atomic mass is 9.97. The molecule has 2 aromatic rings. The Labute approximate surface area is 183 Å². The molecule has 162 valence electrons. The van der Waals surface area contributed by atoms with Gasteiger partial charge < -0.3 is 10.2 Å². The Morgan fingerprint density at radius 2 is 1.90 bits per heavy atom. The largest absolute Gasteiger partial charge is 0.354 e. The van der Waals surface area contributed by atoms with Crippen LogP contribution in [0.15, 0.2) is 53.3 Å². The molecule has 1 amide bonds. The summed E-state index contributed by atoms with van der Waals surface area (Å²) in [6.07, 6.45) is 2.69. The van der Waals surface area contributed by atoms with E-state index >= 15 is 0 Å². The van der Waals surface area contributed by atoms with E-state index in [1.807, 2.05) is 55.9 Å². The van der Waals surface area contributed by atoms with Crippen LogP contribution >= 0.6 is 11.3 Å². The van der Waals surface area contributed by atoms with E-state index in [1.165, 1.54) is 14.6 Å². The van der Waals surface area contributed by atoms with Crippen LogP contribution in [0.1, 0.15) is 29.3 Å². The monoisotopic (exact) mass is 447 g/mol. The van der Waals surface area contributed by atoms with Crippen molar-refractivity contribution in [3.63, 3.8) is 0 Å². The number of benzene rings is 1. The third kappa shape index (κ3) is 6.01. The summed E-state index contributed by atoms with van der Waals surface area (Å²) in [5.41, 5.74) is 0.844. The first kappa shape index (κ1) is 22.7. The third-order valence-corrected chi connectivity index (χ3v) is 7.92. The molecular formula is C22H29N3O3S2. The first-order valence-corrected chi connectivity index (χ1v) is 12.5. The van der Waals surface area contributed by atoms with Gasteiger partial charge in [0.25, 0.3) is 0 Å². The van der Waals surface area contributed by atoms with Gasteiger partial charge in [0.15, 0.2) is 0 Å². The van der Waals surface area contributed by atoms with Crippen LogP contribution in [0.2, 0.25) is 0 Å². The van der Waals surface area contributed by atoms with Crippen molar-refractivity contribution in [1.29, 1.82) is 0 Å². The minimum Gasteiger partial charge on any atom is -0.354 e. The first-order chi connectivity index (χ1) is 14.4. The highest BCUT2D eigenvalue weighted by Gasteiger charge is 2.30. The van der Waals surface area contributed by atoms with Crippen LogP contribution in [-0.4, -0.2) is 57.3 Å². The highest BCUT2D eigenvalue weighted by atomic mass is 32.2. The number of thiophene rings is 1. The molecule has 1 aliphatic heterocycles. The molecule has 8 heteroatoms. The number of rotatable bonds is 8. The maximum atomic E-state index is 12.7. The van der Waals surface area contributed by atoms with Crippen molar-refractivity contribution < 1.29 is 13.2 Å². The molecule has 1 aliphatic rings. The number of piperidine rings is 1. The molecule has 2 heterocycles. The van der Waals surface area contributed by atoms with Crippen molar-refractivity contribution in [3.8, 4) is 0 Å². The van der Waals surface area contributed by atoms with Crippen molar-refractivity contribution in [2.75, 3.05) is 33.7 Å². The summed E-state index contributed by atoms with van der Waals surface area (Å²) in [6.45, 7) is 1.27. The quantitative estimate of drug-likeness (QED) is 0.675. The van der Waals surface area contributed by atoms with E-state index in [0.717, 1.165) is 5.56 Å². The molecule has 0 radical (unpaired) electrons. The van der Waals surface area contributed by atoms with E-state index in [4.69, 9.17) is 0 Å². The average Bonchev–Trinajstić information content (AvgIpc) is 3.27. The normalized spacial score (nSPS) is 17.4. The van der Waals surface area contributed by atoms with E-state index in [0.29, 0.717) is 32.5 Å². The lowest BCUT2D eigenvalue weighted by Gasteiger charge is -2.30. The molecule has 1 unspecified atom stereocenters. The summed E-state index contributed by atoms with van der Waals surface area (Å²) in [4.78, 5) is 16.0. The van der Waals surface area contributed by atoms with Crippen molar-refractivity contribution in [2.45, 2.75) is 18.9 Å². The van der Waals surface area contributed by atoms with Crippen LogP contribution in [0.4, 0.5) is 0 Å². The smallest absolute Gasteiger partial charge is 0.236 e. The predicted molar refractivity (Wildman–Crippen MR) is 122 cm³/mol. The van der Waals surface area contributed by atoms with Gasteiger partial charge >= 0.3 is 0 Å². The molecule has 3 rings (SSSR count). The molecule has 0 aliphatic carbocycles. The Hall–Kier alpha value is -2.00. The van der Waals surface area contributed by atoms with Crippen molar-refractivity contribution in [1.82, 2.24) is 14.5 Å². The Kier molecular flexibility index (Phi) is 7.82. The topological polar surface area (TPSA) is 69.7 Å². The minimum atomic E-state index is -3.48. The van der Waals surface area contributed by atoms with Gasteiger partial charge in [0.1, 0.15) is 0 Å². The molecule has 1 fully saturated rings. The Morgan fingerprint density at radius 3 is 2.50 bits per heavy atom. The van der Waals surface area contributed by atoms with Gasteiger partial charge in [-0.2, -0.15) is 4.31 Å². The zero-order valence-corrected chi connectivity index (χ0v) is 19.0. The van der Waals surface area contributed by atoms with Crippen molar-refractivity contribution in [3.05, 3.63) is 63.7 Å². The molecule has 0 bridgehead atoms. The first-order valence-electron chi connectivity index (χ1n) is 10.1. The van der Waals surface area contributed by atoms with Gasteiger partial charge in [-0.25, -0.2) is 8.42 Å². The third-order valence-electron chi connectivity index (χ3n) is 5.38. The van der Waals surface area contributed by atoms with E-state index in [9.17, 15) is 13.2 Å². The predicted octanol–water partition coefficient (Wildman–Crippen LogP) is 3.18. The lowest BCUT2D eigenvalue weighted by molar-refractivity contribution is -0.126. The lowest BCUT2D eigenvalue weighted by Crippen LogP contribution is -2.43. The number of likely N-dealkylation sites (N-methyl/N-ethyl adjacent to an activating group) is 1. The Morgan fingerprint density at radius 1 is 1.20 bits per heavy atom. The number of sulfonamides is 1. The number of carbonyl (C=O) groups is 1. The minimum absolute atomic E-state index is 0.00952. The van der Waals surface area contributed by atoms with Gasteiger partial charge in [-0.3, -0.25) is 4.79 Å². The van der Waals surface area contributed by atoms with Gasteiger partial charge in [-0.1, -0.05) is 36.4 Å². The van der Waals surface area contributed by atoms with E-state index < -0.39 is 10.0 Å². The van der Waals surface area contributed by atoms with Crippen LogP contribution in [0.25, 0.3) is 6.08 Å². The molecular weight excluding hydrogens is 418 g/mol. The van der Waals surface area contributed by atoms with Crippen molar-refractivity contribution in [2.24, 2.45) is 5.92 Å². The summed E-state index contributed by atoms with van der Waals surface area (Å²) < 4.78 is 26.6. The van der Waals surface area contributed by atoms with Gasteiger partial charge in [-0.05, 0) is 50.0 Å². The highest BCUT2D eigenvalue weighted by molar-refractivity contribution is 7.92. The average molecular weight is 448 g/mol. The summed E-state index contributed by atoms with van der Waals surface area (Å²) in [6, 6.07) is 13.6. The standard InChI is InChI=1S/C22H29N3O3S2/c1-24(2)20(21-9-6-15-29-21)17-23-22(26)19-10-13-25(14-11-19)30(27,28)16-12-18-7-4-3-5-8-18/h3-9,12,15-16,19-20H,10-11,13-14,17H2,1-2H3,(H,23,26). The molecule has 1 atom stereocenters. The number of nitrogens with one attached hydrogen (secondary N) is 1. The van der Waals surface area contributed by atoms with Crippen LogP contribution in [0, 0.1) is 5.92 Å². The van der Waals surface area contributed by atoms with Crippen LogP contribution < -0.4 is 5.32 Å². The molecule has 1 aromatic carbocycles. The van der Waals surface area contributed by atoms with Gasteiger partial charge in [0.05, 0.1) is 6.04 Å². The van der Waals surface area contributed by atoms with E-state index in [1.54, 1.807) is 17.4 Å². The SMILES string of the molecule is CN(C)C(CNC(=O)C1CCN(S(=O)(=O)C=Cc2ccccc2)CC1)c1cccs1. The van der Waals surface area contributed by atoms with Gasteiger partial charge in [0.2, 0.25) is 15.9 Å². The number of amides is 1. The highest BCUT2D eigenvalue weighted by Crippen LogP contribution is 2.24. The molecule has 1 aromatic heterocycles. The summed E-state index contributed by atoms with van der Waals surface area (Å²) in [7, 11) is 0.524. The maximum absolute atomic E-state index is 12.7. The number of hydrogen-bond acceptors (Lipinski definition) is 5. The maximum Gasteiger partial charge on any atom is 0.236 e.